The maximum absolute atomic E-state index is 12.2. The lowest BCUT2D eigenvalue weighted by Gasteiger charge is -2.04. The molecule has 0 saturated heterocycles. The second-order valence-electron chi connectivity index (χ2n) is 5.95. The summed E-state index contributed by atoms with van der Waals surface area (Å²) < 4.78 is 23.0. The van der Waals surface area contributed by atoms with Crippen LogP contribution in [0.4, 0.5) is 10.8 Å². The third-order valence-electron chi connectivity index (χ3n) is 3.81. The fourth-order valence-corrected chi connectivity index (χ4v) is 3.74. The average Bonchev–Trinajstić information content (AvgIpc) is 3.11. The van der Waals surface area contributed by atoms with Crippen LogP contribution in [0.25, 0.3) is 0 Å². The Morgan fingerprint density at radius 2 is 1.78 bits per heavy atom. The minimum Gasteiger partial charge on any atom is -0.350 e. The van der Waals surface area contributed by atoms with Crippen molar-refractivity contribution in [2.24, 2.45) is 0 Å². The molecule has 1 heterocycles. The molecule has 0 aliphatic carbocycles. The molecule has 3 rings (SSSR count). The zero-order valence-electron chi connectivity index (χ0n) is 14.7. The molecule has 1 amide bonds. The van der Waals surface area contributed by atoms with Crippen LogP contribution in [-0.2, 0) is 16.3 Å². The molecule has 0 fully saturated rings. The van der Waals surface area contributed by atoms with E-state index in [1.54, 1.807) is 17.5 Å². The highest BCUT2D eigenvalue weighted by molar-refractivity contribution is 7.90. The molecule has 1 aromatic heterocycles. The van der Waals surface area contributed by atoms with Crippen molar-refractivity contribution in [3.63, 3.8) is 0 Å². The number of thiazole rings is 1. The van der Waals surface area contributed by atoms with Gasteiger partial charge in [-0.05, 0) is 36.2 Å². The standard InChI is InChI=1S/C19H19N3O3S2/c1-27(24,25)16-9-7-15(8-10-16)21-19-22-17(13-26-19)18(23)20-12-11-14-5-3-2-4-6-14/h2-10,13H,11-12H2,1H3,(H,20,23)(H,21,22). The largest absolute Gasteiger partial charge is 0.350 e. The highest BCUT2D eigenvalue weighted by atomic mass is 32.2. The van der Waals surface area contributed by atoms with Crippen LogP contribution < -0.4 is 10.6 Å². The maximum Gasteiger partial charge on any atom is 0.270 e. The van der Waals surface area contributed by atoms with Gasteiger partial charge in [0.15, 0.2) is 15.0 Å². The lowest BCUT2D eigenvalue weighted by atomic mass is 10.1. The highest BCUT2D eigenvalue weighted by Crippen LogP contribution is 2.22. The molecular formula is C19H19N3O3S2. The van der Waals surface area contributed by atoms with Crippen LogP contribution in [0.5, 0.6) is 0 Å². The summed E-state index contributed by atoms with van der Waals surface area (Å²) in [5.41, 5.74) is 2.21. The van der Waals surface area contributed by atoms with Crippen molar-refractivity contribution < 1.29 is 13.2 Å². The SMILES string of the molecule is CS(=O)(=O)c1ccc(Nc2nc(C(=O)NCCc3ccccc3)cs2)cc1. The Bertz CT molecular complexity index is 1010. The number of amides is 1. The van der Waals surface area contributed by atoms with Gasteiger partial charge in [-0.1, -0.05) is 30.3 Å². The summed E-state index contributed by atoms with van der Waals surface area (Å²) in [6.07, 6.45) is 1.92. The molecule has 140 valence electrons. The van der Waals surface area contributed by atoms with Gasteiger partial charge in [-0.15, -0.1) is 11.3 Å². The van der Waals surface area contributed by atoms with Gasteiger partial charge in [-0.2, -0.15) is 0 Å². The summed E-state index contributed by atoms with van der Waals surface area (Å²) in [5.74, 6) is -0.220. The van der Waals surface area contributed by atoms with E-state index in [0.29, 0.717) is 23.1 Å². The quantitative estimate of drug-likeness (QED) is 0.634. The molecule has 0 unspecified atom stereocenters. The van der Waals surface area contributed by atoms with E-state index in [2.05, 4.69) is 15.6 Å². The van der Waals surface area contributed by atoms with E-state index in [1.807, 2.05) is 30.3 Å². The highest BCUT2D eigenvalue weighted by Gasteiger charge is 2.11. The van der Waals surface area contributed by atoms with Gasteiger partial charge >= 0.3 is 0 Å². The third-order valence-corrected chi connectivity index (χ3v) is 5.70. The van der Waals surface area contributed by atoms with Gasteiger partial charge in [0.2, 0.25) is 0 Å². The maximum atomic E-state index is 12.2. The van der Waals surface area contributed by atoms with Gasteiger partial charge in [0.25, 0.3) is 5.91 Å². The topological polar surface area (TPSA) is 88.2 Å². The van der Waals surface area contributed by atoms with Crippen molar-refractivity contribution >= 4 is 37.9 Å². The predicted octanol–water partition coefficient (Wildman–Crippen LogP) is 3.26. The summed E-state index contributed by atoms with van der Waals surface area (Å²) in [5, 5.41) is 8.18. The Morgan fingerprint density at radius 3 is 2.44 bits per heavy atom. The minimum atomic E-state index is -3.22. The van der Waals surface area contributed by atoms with Crippen molar-refractivity contribution in [2.45, 2.75) is 11.3 Å². The van der Waals surface area contributed by atoms with Gasteiger partial charge < -0.3 is 10.6 Å². The van der Waals surface area contributed by atoms with Gasteiger partial charge in [0, 0.05) is 23.9 Å². The molecular weight excluding hydrogens is 382 g/mol. The van der Waals surface area contributed by atoms with Crippen LogP contribution in [0.2, 0.25) is 0 Å². The first kappa shape index (κ1) is 19.1. The molecule has 8 heteroatoms. The molecule has 0 aliphatic heterocycles. The van der Waals surface area contributed by atoms with E-state index < -0.39 is 9.84 Å². The van der Waals surface area contributed by atoms with Crippen molar-refractivity contribution in [3.05, 3.63) is 71.2 Å². The van der Waals surface area contributed by atoms with E-state index >= 15 is 0 Å². The minimum absolute atomic E-state index is 0.220. The van der Waals surface area contributed by atoms with Crippen LogP contribution >= 0.6 is 11.3 Å². The van der Waals surface area contributed by atoms with Crippen LogP contribution in [-0.4, -0.2) is 32.1 Å². The van der Waals surface area contributed by atoms with Crippen molar-refractivity contribution in [2.75, 3.05) is 18.1 Å². The molecule has 0 spiro atoms. The smallest absolute Gasteiger partial charge is 0.270 e. The number of anilines is 2. The monoisotopic (exact) mass is 401 g/mol. The van der Waals surface area contributed by atoms with Crippen molar-refractivity contribution in [1.82, 2.24) is 10.3 Å². The zero-order valence-corrected chi connectivity index (χ0v) is 16.3. The Morgan fingerprint density at radius 1 is 1.07 bits per heavy atom. The van der Waals surface area contributed by atoms with Crippen LogP contribution in [0.3, 0.4) is 0 Å². The number of sulfone groups is 1. The fraction of sp³-hybridized carbons (Fsp3) is 0.158. The van der Waals surface area contributed by atoms with Crippen molar-refractivity contribution in [3.8, 4) is 0 Å². The number of benzene rings is 2. The number of rotatable bonds is 7. The zero-order chi connectivity index (χ0) is 19.3. The number of nitrogens with zero attached hydrogens (tertiary/aromatic N) is 1. The Labute approximate surface area is 162 Å². The van der Waals surface area contributed by atoms with Gasteiger partial charge in [-0.3, -0.25) is 4.79 Å². The van der Waals surface area contributed by atoms with E-state index in [1.165, 1.54) is 29.7 Å². The number of carbonyl (C=O) groups excluding carboxylic acids is 1. The Kier molecular flexibility index (Phi) is 5.88. The molecule has 27 heavy (non-hydrogen) atoms. The number of nitrogens with one attached hydrogen (secondary N) is 2. The van der Waals surface area contributed by atoms with Crippen molar-refractivity contribution in [1.29, 1.82) is 0 Å². The number of aromatic nitrogens is 1. The summed E-state index contributed by atoms with van der Waals surface area (Å²) in [7, 11) is -3.22. The number of hydrogen-bond acceptors (Lipinski definition) is 6. The fourth-order valence-electron chi connectivity index (χ4n) is 2.40. The van der Waals surface area contributed by atoms with Gasteiger partial charge in [0.05, 0.1) is 4.90 Å². The summed E-state index contributed by atoms with van der Waals surface area (Å²) in [6.45, 7) is 0.538. The molecule has 3 aromatic rings. The number of carbonyl (C=O) groups is 1. The van der Waals surface area contributed by atoms with Gasteiger partial charge in [0.1, 0.15) is 5.69 Å². The summed E-state index contributed by atoms with van der Waals surface area (Å²) >= 11 is 1.31. The van der Waals surface area contributed by atoms with E-state index in [9.17, 15) is 13.2 Å². The first-order valence-corrected chi connectivity index (χ1v) is 11.0. The lowest BCUT2D eigenvalue weighted by Crippen LogP contribution is -2.25. The van der Waals surface area contributed by atoms with Gasteiger partial charge in [-0.25, -0.2) is 13.4 Å². The summed E-state index contributed by atoms with van der Waals surface area (Å²) in [4.78, 5) is 16.7. The third kappa shape index (κ3) is 5.38. The molecule has 2 aromatic carbocycles. The molecule has 0 radical (unpaired) electrons. The Hall–Kier alpha value is -2.71. The first-order valence-electron chi connectivity index (χ1n) is 8.26. The summed E-state index contributed by atoms with van der Waals surface area (Å²) in [6, 6.07) is 16.3. The van der Waals surface area contributed by atoms with Crippen LogP contribution in [0.15, 0.2) is 64.9 Å². The first-order chi connectivity index (χ1) is 12.9. The second-order valence-corrected chi connectivity index (χ2v) is 8.82. The van der Waals surface area contributed by atoms with E-state index in [4.69, 9.17) is 0 Å². The van der Waals surface area contributed by atoms with E-state index in [-0.39, 0.29) is 10.8 Å². The Balaban J connectivity index is 1.55. The average molecular weight is 402 g/mol. The predicted molar refractivity (Wildman–Crippen MR) is 107 cm³/mol. The van der Waals surface area contributed by atoms with Crippen LogP contribution in [0.1, 0.15) is 16.1 Å². The molecule has 6 nitrogen and oxygen atoms in total. The molecule has 2 N–H and O–H groups in total. The number of hydrogen-bond donors (Lipinski definition) is 2. The molecule has 0 bridgehead atoms. The molecule has 0 saturated carbocycles. The van der Waals surface area contributed by atoms with Crippen LogP contribution in [0, 0.1) is 0 Å². The molecule has 0 aliphatic rings. The second kappa shape index (κ2) is 8.32. The normalized spacial score (nSPS) is 11.1. The lowest BCUT2D eigenvalue weighted by molar-refractivity contribution is 0.0950. The van der Waals surface area contributed by atoms with E-state index in [0.717, 1.165) is 12.0 Å². The molecule has 0 atom stereocenters.